The Kier molecular flexibility index (Phi) is 24.7. The molecule has 7 aliphatic heterocycles. The smallest absolute Gasteiger partial charge is 0.257 e. The first-order chi connectivity index (χ1) is 56.4. The summed E-state index contributed by atoms with van der Waals surface area (Å²) in [5.41, 5.74) is -2.84. The van der Waals surface area contributed by atoms with Gasteiger partial charge in [0.15, 0.2) is 23.0 Å². The van der Waals surface area contributed by atoms with E-state index in [-0.39, 0.29) is 105 Å². The molecule has 7 heterocycles. The molecule has 118 heavy (non-hydrogen) atoms. The molecule has 35 nitrogen and oxygen atoms in total. The van der Waals surface area contributed by atoms with Gasteiger partial charge >= 0.3 is 0 Å². The van der Waals surface area contributed by atoms with E-state index in [0.717, 1.165) is 86.7 Å². The molecule has 1 saturated heterocycles. The highest BCUT2D eigenvalue weighted by atomic mass is 35.5. The van der Waals surface area contributed by atoms with Gasteiger partial charge in [0.1, 0.15) is 121 Å². The van der Waals surface area contributed by atoms with Crippen LogP contribution in [0.15, 0.2) is 97.1 Å². The standard InChI is InChI=1S/C82H94ClN11O24/c1-33(2)18-48(86-5)75(106)93-64-66(99)37-7-11-52-45(25-37)68(101)73-70(103)69(102)71(104)82(118-73)117-72-56(115-52)28-42-29-57(72)116-53-12-8-38(26-47(53)83)67(100)65-81(112)92-63(79(110)89-60-40-20-34-19-35(22-40)23-41(60)21-34)46-30-43(95)31-51(97)59(46)44-24-36(6-10-50(44)96)61(77(108)94-65)91-78(109)62(42)90-76(107)49(87-80(64)111)32-58(98)88-74(105)39-9-13-54(113-16-14-84-3)55(27-39)114-17-15-85-4/h6-13,24-31,33-35,40-41,48-49,60-71,73,82,84-86,95-97,99-104H,14-23,32H2,1-5H3,(H,87,111)(H,89,110)(H,90,107)(H,91,109)(H,92,112)(H,93,106)(H,94,108)(H,88,98,105)/t34?,35?,40?,41?,48-,49+,60?,61-,62-,63+,64-,65+,66-,67-,68?,69+,70+,71-,73-,82-/m1/s1. The summed E-state index contributed by atoms with van der Waals surface area (Å²) < 4.78 is 37.8. The predicted molar refractivity (Wildman–Crippen MR) is 416 cm³/mol. The summed E-state index contributed by atoms with van der Waals surface area (Å²) in [6, 6.07) is 3.83. The van der Waals surface area contributed by atoms with E-state index in [0.29, 0.717) is 24.9 Å². The van der Waals surface area contributed by atoms with E-state index in [1.165, 1.54) is 49.5 Å². The first-order valence-corrected chi connectivity index (χ1v) is 39.4. The number of hydrogen-bond donors (Lipinski definition) is 20. The quantitative estimate of drug-likeness (QED) is 0.0545. The molecule has 17 rings (SSSR count). The number of carbonyl (C=O) groups is 9. The lowest BCUT2D eigenvalue weighted by Gasteiger charge is -2.54. The minimum absolute atomic E-state index is 0.0678. The summed E-state index contributed by atoms with van der Waals surface area (Å²) in [5.74, 6) is -14.3. The summed E-state index contributed by atoms with van der Waals surface area (Å²) in [6.07, 6.45) is -13.8. The van der Waals surface area contributed by atoms with E-state index in [1.807, 2.05) is 0 Å². The molecule has 18 bridgehead atoms. The lowest BCUT2D eigenvalue weighted by Crippen LogP contribution is -2.60. The molecule has 0 spiro atoms. The molecule has 6 aromatic rings. The van der Waals surface area contributed by atoms with Gasteiger partial charge in [-0.1, -0.05) is 43.6 Å². The number of benzene rings is 6. The molecular weight excluding hydrogens is 1560 g/mol. The van der Waals surface area contributed by atoms with E-state index >= 15 is 28.8 Å². The molecule has 15 atom stereocenters. The summed E-state index contributed by atoms with van der Waals surface area (Å²) >= 11 is 7.18. The van der Waals surface area contributed by atoms with Gasteiger partial charge in [-0.2, -0.15) is 0 Å². The van der Waals surface area contributed by atoms with Gasteiger partial charge in [0.25, 0.3) is 5.91 Å². The number of halogens is 1. The van der Waals surface area contributed by atoms with Crippen molar-refractivity contribution in [2.75, 3.05) is 47.4 Å². The van der Waals surface area contributed by atoms with Crippen molar-refractivity contribution in [3.63, 3.8) is 0 Å². The van der Waals surface area contributed by atoms with Crippen LogP contribution in [0.4, 0.5) is 0 Å². The Hall–Kier alpha value is -11.0. The van der Waals surface area contributed by atoms with Crippen LogP contribution in [-0.4, -0.2) is 207 Å². The van der Waals surface area contributed by atoms with Gasteiger partial charge in [0, 0.05) is 47.5 Å². The van der Waals surface area contributed by atoms with Gasteiger partial charge in [-0.05, 0) is 190 Å². The van der Waals surface area contributed by atoms with Gasteiger partial charge in [0.05, 0.1) is 17.5 Å². The molecule has 628 valence electrons. The predicted octanol–water partition coefficient (Wildman–Crippen LogP) is 1.79. The third-order valence-corrected chi connectivity index (χ3v) is 23.4. The minimum Gasteiger partial charge on any atom is -0.508 e. The zero-order chi connectivity index (χ0) is 84.0. The number of rotatable bonds is 18. The monoisotopic (exact) mass is 1650 g/mol. The van der Waals surface area contributed by atoms with Crippen LogP contribution < -0.4 is 82.2 Å². The third kappa shape index (κ3) is 17.2. The highest BCUT2D eigenvalue weighted by Crippen LogP contribution is 2.55. The molecule has 0 radical (unpaired) electrons. The number of carbonyl (C=O) groups excluding carboxylic acids is 9. The Morgan fingerprint density at radius 3 is 1.88 bits per heavy atom. The number of phenols is 3. The van der Waals surface area contributed by atoms with Crippen LogP contribution in [-0.2, 0) is 43.1 Å². The van der Waals surface area contributed by atoms with E-state index in [9.17, 15) is 60.3 Å². The zero-order valence-corrected chi connectivity index (χ0v) is 65.4. The van der Waals surface area contributed by atoms with Crippen molar-refractivity contribution in [1.29, 1.82) is 0 Å². The number of aliphatic hydroxyl groups excluding tert-OH is 6. The highest BCUT2D eigenvalue weighted by Gasteiger charge is 2.53. The molecule has 9 amide bonds. The summed E-state index contributed by atoms with van der Waals surface area (Å²) in [7, 11) is 4.86. The van der Waals surface area contributed by atoms with Gasteiger partial charge in [-0.3, -0.25) is 48.5 Å². The molecule has 20 N–H and O–H groups in total. The number of aromatic hydroxyl groups is 3. The van der Waals surface area contributed by atoms with Crippen molar-refractivity contribution in [2.45, 2.75) is 156 Å². The lowest BCUT2D eigenvalue weighted by atomic mass is 9.54. The number of amides is 9. The molecule has 4 saturated carbocycles. The van der Waals surface area contributed by atoms with Crippen LogP contribution in [0.3, 0.4) is 0 Å². The normalized spacial score (nSPS) is 28.4. The Morgan fingerprint density at radius 1 is 0.576 bits per heavy atom. The van der Waals surface area contributed by atoms with Crippen molar-refractivity contribution in [3.05, 3.63) is 141 Å². The Balaban J connectivity index is 0.948. The number of imide groups is 1. The fourth-order valence-electron chi connectivity index (χ4n) is 17.3. The topological polar surface area (TPSA) is 523 Å². The fraction of sp³-hybridized carbons (Fsp3) is 0.451. The maximum Gasteiger partial charge on any atom is 0.257 e. The van der Waals surface area contributed by atoms with Crippen molar-refractivity contribution in [2.24, 2.45) is 29.6 Å². The van der Waals surface area contributed by atoms with Crippen LogP contribution in [0.25, 0.3) is 11.1 Å². The molecule has 36 heteroatoms. The largest absolute Gasteiger partial charge is 0.508 e. The Bertz CT molecular complexity index is 4890. The number of fused-ring (bicyclic) bond motifs is 16. The van der Waals surface area contributed by atoms with Crippen LogP contribution in [0.5, 0.6) is 57.5 Å². The molecular formula is C82H94ClN11O24. The average Bonchev–Trinajstić information content (AvgIpc) is 0.758. The van der Waals surface area contributed by atoms with Gasteiger partial charge in [-0.15, -0.1) is 0 Å². The molecule has 0 aromatic heterocycles. The maximum atomic E-state index is 16.5. The van der Waals surface area contributed by atoms with E-state index in [2.05, 4.69) is 58.5 Å². The number of phenolic OH excluding ortho intramolecular Hbond substituents is 3. The van der Waals surface area contributed by atoms with Crippen LogP contribution in [0, 0.1) is 29.6 Å². The van der Waals surface area contributed by atoms with Crippen molar-refractivity contribution >= 4 is 64.8 Å². The summed E-state index contributed by atoms with van der Waals surface area (Å²) in [5, 5.41) is 138. The Labute approximate surface area is 680 Å². The van der Waals surface area contributed by atoms with Crippen molar-refractivity contribution in [3.8, 4) is 68.6 Å². The second-order valence-corrected chi connectivity index (χ2v) is 32.0. The van der Waals surface area contributed by atoms with Crippen LogP contribution in [0.1, 0.15) is 139 Å². The van der Waals surface area contributed by atoms with E-state index in [4.69, 9.17) is 40.0 Å². The molecule has 4 aliphatic carbocycles. The zero-order valence-electron chi connectivity index (χ0n) is 64.7. The van der Waals surface area contributed by atoms with Gasteiger partial charge < -0.3 is 128 Å². The second kappa shape index (κ2) is 34.9. The Morgan fingerprint density at radius 2 is 1.21 bits per heavy atom. The van der Waals surface area contributed by atoms with E-state index in [1.54, 1.807) is 27.9 Å². The number of likely N-dealkylation sites (N-methyl/N-ethyl adjacent to an activating group) is 3. The van der Waals surface area contributed by atoms with Crippen LogP contribution in [0.2, 0.25) is 5.02 Å². The molecule has 11 aliphatic rings. The maximum absolute atomic E-state index is 16.5. The summed E-state index contributed by atoms with van der Waals surface area (Å²) in [4.78, 5) is 139. The van der Waals surface area contributed by atoms with Gasteiger partial charge in [-0.25, -0.2) is 0 Å². The average molecular weight is 1650 g/mol. The van der Waals surface area contributed by atoms with Gasteiger partial charge in [0.2, 0.25) is 59.3 Å². The third-order valence-electron chi connectivity index (χ3n) is 23.1. The number of nitrogens with one attached hydrogen (secondary N) is 11. The van der Waals surface area contributed by atoms with Crippen molar-refractivity contribution in [1.82, 2.24) is 58.5 Å². The highest BCUT2D eigenvalue weighted by molar-refractivity contribution is 6.32. The molecule has 6 aromatic carbocycles. The fourth-order valence-corrected chi connectivity index (χ4v) is 17.6. The SMILES string of the molecule is CNCCOc1ccc(C(=O)NC(=O)C[C@@H]2NC(=O)[C@H](NC(=O)[C@@H](CC(C)C)NC)[C@H](O)c3ccc4c(c3)C(O)[C@H]3O[C@@H](Oc5c6cc(cc5O4)[C@@H](NC2=O)C(=O)N[C@H]2C(=O)N[C@H](C(=O)N[C@H](C(=O)NC4C5CC7CC(C5)CC4C7)c4cc(O)cc(O)c4-c4cc2ccc4O)[C@H](O)c2ccc(c(Cl)c2)O6)[C@H](O)[C@@H](O)[C@@H]3O)cc1OCCNC. The number of ether oxygens (including phenoxy) is 6. The second-order valence-electron chi connectivity index (χ2n) is 31.6. The first kappa shape index (κ1) is 83.5. The minimum atomic E-state index is -2.38. The first-order valence-electron chi connectivity index (χ1n) is 39.1. The van der Waals surface area contributed by atoms with Crippen LogP contribution >= 0.6 is 11.6 Å². The summed E-state index contributed by atoms with van der Waals surface area (Å²) in [6.45, 7) is 4.67. The molecule has 1 unspecified atom stereocenters. The lowest BCUT2D eigenvalue weighted by molar-refractivity contribution is -0.290. The van der Waals surface area contributed by atoms with Crippen molar-refractivity contribution < 1.29 is 118 Å². The number of aliphatic hydroxyl groups is 6. The van der Waals surface area contributed by atoms with E-state index < -0.39 is 202 Å². The number of hydrogen-bond acceptors (Lipinski definition) is 27. The molecule has 5 fully saturated rings.